The molecule has 6 aromatic rings. The summed E-state index contributed by atoms with van der Waals surface area (Å²) in [5.74, 6) is -0.269. The van der Waals surface area contributed by atoms with Gasteiger partial charge in [0, 0.05) is 28.7 Å². The zero-order chi connectivity index (χ0) is 20.8. The quantitative estimate of drug-likeness (QED) is 0.414. The Morgan fingerprint density at radius 2 is 1.65 bits per heavy atom. The molecule has 0 aliphatic rings. The van der Waals surface area contributed by atoms with Crippen molar-refractivity contribution in [1.82, 2.24) is 30.1 Å². The Morgan fingerprint density at radius 3 is 2.52 bits per heavy atom. The Bertz CT molecular complexity index is 1550. The van der Waals surface area contributed by atoms with Crippen LogP contribution in [0.1, 0.15) is 0 Å². The number of hydrogen-bond donors (Lipinski definition) is 2. The van der Waals surface area contributed by atoms with Gasteiger partial charge in [0.05, 0.1) is 28.8 Å². The summed E-state index contributed by atoms with van der Waals surface area (Å²) < 4.78 is 14.4. The first-order valence-corrected chi connectivity index (χ1v) is 9.76. The summed E-state index contributed by atoms with van der Waals surface area (Å²) in [5, 5.41) is 9.27. The molecule has 7 heteroatoms. The highest BCUT2D eigenvalue weighted by Gasteiger charge is 2.16. The van der Waals surface area contributed by atoms with E-state index < -0.39 is 0 Å². The molecule has 0 atom stereocenters. The Hall–Kier alpha value is -4.39. The van der Waals surface area contributed by atoms with Crippen LogP contribution in [-0.4, -0.2) is 30.1 Å². The molecular formula is C24H15FN6. The SMILES string of the molecule is Fc1ccccc1-c1ccnc2[nH]c(-c3n[nH]c4cnc(-c5ccccn5)cc34)cc12. The fourth-order valence-corrected chi connectivity index (χ4v) is 3.85. The summed E-state index contributed by atoms with van der Waals surface area (Å²) in [7, 11) is 0. The van der Waals surface area contributed by atoms with Gasteiger partial charge in [-0.1, -0.05) is 24.3 Å². The van der Waals surface area contributed by atoms with Crippen LogP contribution in [0, 0.1) is 5.82 Å². The fraction of sp³-hybridized carbons (Fsp3) is 0. The lowest BCUT2D eigenvalue weighted by atomic mass is 10.0. The molecule has 0 aliphatic carbocycles. The number of nitrogens with zero attached hydrogens (tertiary/aromatic N) is 4. The van der Waals surface area contributed by atoms with Crippen LogP contribution in [0.3, 0.4) is 0 Å². The number of aromatic amines is 2. The molecule has 0 radical (unpaired) electrons. The third-order valence-corrected chi connectivity index (χ3v) is 5.33. The van der Waals surface area contributed by atoms with E-state index in [0.717, 1.165) is 44.6 Å². The maximum absolute atomic E-state index is 14.4. The first kappa shape index (κ1) is 17.5. The van der Waals surface area contributed by atoms with Crippen LogP contribution in [0.15, 0.2) is 79.3 Å². The topological polar surface area (TPSA) is 83.1 Å². The molecule has 148 valence electrons. The molecule has 0 fully saturated rings. The van der Waals surface area contributed by atoms with E-state index in [1.54, 1.807) is 30.7 Å². The highest BCUT2D eigenvalue weighted by Crippen LogP contribution is 2.34. The normalized spacial score (nSPS) is 11.4. The van der Waals surface area contributed by atoms with Gasteiger partial charge in [0.2, 0.25) is 0 Å². The van der Waals surface area contributed by atoms with Gasteiger partial charge in [-0.25, -0.2) is 9.37 Å². The number of pyridine rings is 3. The monoisotopic (exact) mass is 406 g/mol. The van der Waals surface area contributed by atoms with Gasteiger partial charge in [-0.15, -0.1) is 0 Å². The molecule has 1 aromatic carbocycles. The number of fused-ring (bicyclic) bond motifs is 2. The molecule has 5 heterocycles. The Balaban J connectivity index is 1.53. The molecule has 2 N–H and O–H groups in total. The van der Waals surface area contributed by atoms with Crippen LogP contribution in [0.2, 0.25) is 0 Å². The molecule has 0 amide bonds. The number of H-pyrrole nitrogens is 2. The second-order valence-electron chi connectivity index (χ2n) is 7.19. The lowest BCUT2D eigenvalue weighted by Gasteiger charge is -2.04. The summed E-state index contributed by atoms with van der Waals surface area (Å²) >= 11 is 0. The first-order chi connectivity index (χ1) is 15.3. The van der Waals surface area contributed by atoms with Gasteiger partial charge in [0.15, 0.2) is 0 Å². The van der Waals surface area contributed by atoms with Crippen LogP contribution in [-0.2, 0) is 0 Å². The largest absolute Gasteiger partial charge is 0.338 e. The number of aromatic nitrogens is 6. The lowest BCUT2D eigenvalue weighted by Crippen LogP contribution is -1.86. The maximum atomic E-state index is 14.4. The van der Waals surface area contributed by atoms with E-state index in [0.29, 0.717) is 11.2 Å². The van der Waals surface area contributed by atoms with Gasteiger partial charge in [0.25, 0.3) is 0 Å². The van der Waals surface area contributed by atoms with E-state index in [9.17, 15) is 4.39 Å². The molecule has 0 bridgehead atoms. The first-order valence-electron chi connectivity index (χ1n) is 9.76. The molecule has 6 rings (SSSR count). The molecule has 31 heavy (non-hydrogen) atoms. The average molecular weight is 406 g/mol. The zero-order valence-corrected chi connectivity index (χ0v) is 16.2. The fourth-order valence-electron chi connectivity index (χ4n) is 3.85. The highest BCUT2D eigenvalue weighted by molar-refractivity contribution is 6.00. The summed E-state index contributed by atoms with van der Waals surface area (Å²) in [6, 6.07) is 18.2. The minimum absolute atomic E-state index is 0.269. The van der Waals surface area contributed by atoms with E-state index in [1.165, 1.54) is 6.07 Å². The Kier molecular flexibility index (Phi) is 3.86. The summed E-state index contributed by atoms with van der Waals surface area (Å²) in [4.78, 5) is 16.6. The van der Waals surface area contributed by atoms with Crippen molar-refractivity contribution >= 4 is 21.9 Å². The second-order valence-corrected chi connectivity index (χ2v) is 7.19. The number of hydrogen-bond acceptors (Lipinski definition) is 4. The van der Waals surface area contributed by atoms with Crippen molar-refractivity contribution in [3.05, 3.63) is 85.1 Å². The summed E-state index contributed by atoms with van der Waals surface area (Å²) in [6.45, 7) is 0. The van der Waals surface area contributed by atoms with E-state index in [4.69, 9.17) is 0 Å². The van der Waals surface area contributed by atoms with E-state index >= 15 is 0 Å². The average Bonchev–Trinajstić information content (AvgIpc) is 3.43. The van der Waals surface area contributed by atoms with Crippen LogP contribution >= 0.6 is 0 Å². The van der Waals surface area contributed by atoms with E-state index in [-0.39, 0.29) is 5.82 Å². The molecule has 0 unspecified atom stereocenters. The highest BCUT2D eigenvalue weighted by atomic mass is 19.1. The summed E-state index contributed by atoms with van der Waals surface area (Å²) in [5.41, 5.74) is 5.88. The number of benzene rings is 1. The molecule has 0 aliphatic heterocycles. The van der Waals surface area contributed by atoms with E-state index in [2.05, 4.69) is 30.1 Å². The maximum Gasteiger partial charge on any atom is 0.138 e. The van der Waals surface area contributed by atoms with E-state index in [1.807, 2.05) is 42.5 Å². The molecule has 0 spiro atoms. The molecule has 6 nitrogen and oxygen atoms in total. The van der Waals surface area contributed by atoms with Gasteiger partial charge in [0.1, 0.15) is 17.2 Å². The van der Waals surface area contributed by atoms with Crippen molar-refractivity contribution < 1.29 is 4.39 Å². The predicted molar refractivity (Wildman–Crippen MR) is 118 cm³/mol. The number of rotatable bonds is 3. The van der Waals surface area contributed by atoms with Gasteiger partial charge < -0.3 is 4.98 Å². The Labute approximate surface area is 175 Å². The smallest absolute Gasteiger partial charge is 0.138 e. The molecule has 0 saturated carbocycles. The second kappa shape index (κ2) is 6.84. The molecule has 0 saturated heterocycles. The van der Waals surface area contributed by atoms with Gasteiger partial charge in [-0.3, -0.25) is 15.1 Å². The van der Waals surface area contributed by atoms with Crippen molar-refractivity contribution in [2.75, 3.05) is 0 Å². The van der Waals surface area contributed by atoms with Gasteiger partial charge >= 0.3 is 0 Å². The van der Waals surface area contributed by atoms with Crippen LogP contribution < -0.4 is 0 Å². The lowest BCUT2D eigenvalue weighted by molar-refractivity contribution is 0.631. The summed E-state index contributed by atoms with van der Waals surface area (Å²) in [6.07, 6.45) is 5.17. The molecular weight excluding hydrogens is 391 g/mol. The van der Waals surface area contributed by atoms with Crippen LogP contribution in [0.4, 0.5) is 4.39 Å². The van der Waals surface area contributed by atoms with Gasteiger partial charge in [-0.05, 0) is 42.0 Å². The third kappa shape index (κ3) is 2.86. The van der Waals surface area contributed by atoms with Crippen molar-refractivity contribution in [3.8, 4) is 33.9 Å². The number of nitrogens with one attached hydrogen (secondary N) is 2. The minimum Gasteiger partial charge on any atom is -0.338 e. The number of halogens is 1. The van der Waals surface area contributed by atoms with Crippen molar-refractivity contribution in [2.24, 2.45) is 0 Å². The van der Waals surface area contributed by atoms with Crippen LogP contribution in [0.5, 0.6) is 0 Å². The molecule has 5 aromatic heterocycles. The minimum atomic E-state index is -0.269. The Morgan fingerprint density at radius 1 is 0.742 bits per heavy atom. The van der Waals surface area contributed by atoms with Crippen molar-refractivity contribution in [3.63, 3.8) is 0 Å². The predicted octanol–water partition coefficient (Wildman–Crippen LogP) is 5.37. The van der Waals surface area contributed by atoms with Gasteiger partial charge in [-0.2, -0.15) is 5.10 Å². The third-order valence-electron chi connectivity index (χ3n) is 5.33. The van der Waals surface area contributed by atoms with Crippen molar-refractivity contribution in [1.29, 1.82) is 0 Å². The standard InChI is InChI=1S/C24H15FN6/c25-18-6-2-1-5-15(18)14-8-10-27-24-16(14)11-21(29-24)23-17-12-20(19-7-3-4-9-26-19)28-13-22(17)30-31-23/h1-13H,(H,27,29)(H,30,31). The van der Waals surface area contributed by atoms with Crippen LogP contribution in [0.25, 0.3) is 55.8 Å². The van der Waals surface area contributed by atoms with Crippen molar-refractivity contribution in [2.45, 2.75) is 0 Å². The zero-order valence-electron chi connectivity index (χ0n) is 16.2.